The van der Waals surface area contributed by atoms with Crippen molar-refractivity contribution >= 4 is 0 Å². The van der Waals surface area contributed by atoms with Crippen LogP contribution < -0.4 is 0 Å². The molecule has 0 aliphatic heterocycles. The van der Waals surface area contributed by atoms with Crippen LogP contribution in [0.2, 0.25) is 0 Å². The molecule has 2 aromatic carbocycles. The van der Waals surface area contributed by atoms with Crippen LogP contribution in [0.4, 0.5) is 22.0 Å². The third kappa shape index (κ3) is 3.58. The van der Waals surface area contributed by atoms with Gasteiger partial charge in [0.15, 0.2) is 6.10 Å². The van der Waals surface area contributed by atoms with Gasteiger partial charge < -0.3 is 4.74 Å². The van der Waals surface area contributed by atoms with Crippen molar-refractivity contribution in [3.8, 4) is 11.1 Å². The van der Waals surface area contributed by atoms with Gasteiger partial charge in [0.05, 0.1) is 0 Å². The molecule has 0 heterocycles. The molecule has 0 amide bonds. The van der Waals surface area contributed by atoms with Gasteiger partial charge in [0.2, 0.25) is 0 Å². The van der Waals surface area contributed by atoms with E-state index in [0.717, 1.165) is 25.3 Å². The molecule has 6 heteroatoms. The minimum atomic E-state index is -4.53. The van der Waals surface area contributed by atoms with Gasteiger partial charge in [-0.15, -0.1) is 0 Å². The van der Waals surface area contributed by atoms with E-state index in [1.165, 1.54) is 24.3 Å². The Morgan fingerprint density at radius 3 is 1.81 bits per heavy atom. The smallest absolute Gasteiger partial charge is 0.367 e. The molecule has 112 valence electrons. The van der Waals surface area contributed by atoms with Gasteiger partial charge in [-0.05, 0) is 28.8 Å². The highest BCUT2D eigenvalue weighted by Gasteiger charge is 2.41. The summed E-state index contributed by atoms with van der Waals surface area (Å²) in [5, 5.41) is 0. The molecule has 21 heavy (non-hydrogen) atoms. The average molecular weight is 302 g/mol. The van der Waals surface area contributed by atoms with E-state index in [0.29, 0.717) is 5.56 Å². The predicted molar refractivity (Wildman–Crippen MR) is 67.6 cm³/mol. The van der Waals surface area contributed by atoms with Crippen LogP contribution in [0.25, 0.3) is 11.1 Å². The van der Waals surface area contributed by atoms with Crippen LogP contribution in [-0.4, -0.2) is 13.3 Å². The highest BCUT2D eigenvalue weighted by atomic mass is 19.4. The Hall–Kier alpha value is -1.95. The van der Waals surface area contributed by atoms with Crippen molar-refractivity contribution in [2.75, 3.05) is 7.11 Å². The zero-order chi connectivity index (χ0) is 15.6. The number of ether oxygens (including phenoxy) is 1. The van der Waals surface area contributed by atoms with Crippen molar-refractivity contribution in [1.29, 1.82) is 0 Å². The van der Waals surface area contributed by atoms with Gasteiger partial charge in [-0.2, -0.15) is 13.2 Å². The lowest BCUT2D eigenvalue weighted by atomic mass is 10.0. The molecule has 2 rings (SSSR count). The Bertz CT molecular complexity index is 599. The highest BCUT2D eigenvalue weighted by Crippen LogP contribution is 2.36. The molecule has 0 bridgehead atoms. The lowest BCUT2D eigenvalue weighted by molar-refractivity contribution is -0.215. The second kappa shape index (κ2) is 5.81. The fourth-order valence-corrected chi connectivity index (χ4v) is 2.03. The van der Waals surface area contributed by atoms with Crippen LogP contribution in [0.15, 0.2) is 42.5 Å². The van der Waals surface area contributed by atoms with E-state index in [1.807, 2.05) is 0 Å². The number of rotatable bonds is 3. The third-order valence-corrected chi connectivity index (χ3v) is 2.94. The maximum Gasteiger partial charge on any atom is 0.418 e. The van der Waals surface area contributed by atoms with Crippen molar-refractivity contribution in [2.45, 2.75) is 12.3 Å². The van der Waals surface area contributed by atoms with Crippen LogP contribution in [0.5, 0.6) is 0 Å². The Balaban J connectivity index is 2.34. The molecular weight excluding hydrogens is 291 g/mol. The summed E-state index contributed by atoms with van der Waals surface area (Å²) in [6, 6.07) is 8.11. The van der Waals surface area contributed by atoms with Gasteiger partial charge in [0.25, 0.3) is 0 Å². The summed E-state index contributed by atoms with van der Waals surface area (Å²) in [4.78, 5) is 0. The second-order valence-electron chi connectivity index (χ2n) is 4.44. The molecule has 0 aliphatic carbocycles. The first-order valence-electron chi connectivity index (χ1n) is 5.97. The van der Waals surface area contributed by atoms with Crippen molar-refractivity contribution in [3.05, 3.63) is 59.7 Å². The summed E-state index contributed by atoms with van der Waals surface area (Å²) in [6.07, 6.45) is -6.56. The number of alkyl halides is 3. The molecular formula is C15H11F5O. The van der Waals surface area contributed by atoms with Gasteiger partial charge in [-0.25, -0.2) is 8.78 Å². The topological polar surface area (TPSA) is 9.23 Å². The summed E-state index contributed by atoms with van der Waals surface area (Å²) in [6.45, 7) is 0. The van der Waals surface area contributed by atoms with Crippen LogP contribution in [0.1, 0.15) is 11.7 Å². The van der Waals surface area contributed by atoms with E-state index in [2.05, 4.69) is 4.74 Å². The fourth-order valence-electron chi connectivity index (χ4n) is 2.03. The predicted octanol–water partition coefficient (Wildman–Crippen LogP) is 4.88. The first kappa shape index (κ1) is 15.4. The van der Waals surface area contributed by atoms with Crippen LogP contribution in [-0.2, 0) is 4.74 Å². The van der Waals surface area contributed by atoms with Crippen molar-refractivity contribution < 1.29 is 26.7 Å². The Morgan fingerprint density at radius 2 is 1.38 bits per heavy atom. The third-order valence-electron chi connectivity index (χ3n) is 2.94. The van der Waals surface area contributed by atoms with Crippen molar-refractivity contribution in [2.24, 2.45) is 0 Å². The monoisotopic (exact) mass is 302 g/mol. The molecule has 0 aromatic heterocycles. The first-order valence-corrected chi connectivity index (χ1v) is 5.97. The maximum absolute atomic E-state index is 13.1. The summed E-state index contributed by atoms with van der Waals surface area (Å²) >= 11 is 0. The molecule has 0 saturated carbocycles. The maximum atomic E-state index is 13.1. The van der Waals surface area contributed by atoms with E-state index < -0.39 is 23.9 Å². The number of hydrogen-bond acceptors (Lipinski definition) is 1. The van der Waals surface area contributed by atoms with E-state index in [1.54, 1.807) is 0 Å². The summed E-state index contributed by atoms with van der Waals surface area (Å²) in [5.74, 6) is -1.50. The van der Waals surface area contributed by atoms with Gasteiger partial charge in [-0.1, -0.05) is 24.3 Å². The summed E-state index contributed by atoms with van der Waals surface area (Å²) in [5.41, 5.74) is 0.583. The van der Waals surface area contributed by atoms with Crippen molar-refractivity contribution in [3.63, 3.8) is 0 Å². The molecule has 0 fully saturated rings. The number of halogens is 5. The van der Waals surface area contributed by atoms with Gasteiger partial charge in [0.1, 0.15) is 11.6 Å². The van der Waals surface area contributed by atoms with Gasteiger partial charge >= 0.3 is 6.18 Å². The Kier molecular flexibility index (Phi) is 4.27. The first-order chi connectivity index (χ1) is 9.81. The summed E-state index contributed by atoms with van der Waals surface area (Å²) in [7, 11) is 0.966. The second-order valence-corrected chi connectivity index (χ2v) is 4.44. The quantitative estimate of drug-likeness (QED) is 0.734. The SMILES string of the molecule is COC(c1ccc(-c2cc(F)cc(F)c2)cc1)C(F)(F)F. The minimum Gasteiger partial charge on any atom is -0.367 e. The van der Waals surface area contributed by atoms with Crippen LogP contribution in [0, 0.1) is 11.6 Å². The molecule has 0 N–H and O–H groups in total. The number of methoxy groups -OCH3 is 1. The molecule has 0 radical (unpaired) electrons. The van der Waals surface area contributed by atoms with Gasteiger partial charge in [0, 0.05) is 13.2 Å². The lowest BCUT2D eigenvalue weighted by Gasteiger charge is -2.19. The fraction of sp³-hybridized carbons (Fsp3) is 0.200. The van der Waals surface area contributed by atoms with E-state index >= 15 is 0 Å². The zero-order valence-corrected chi connectivity index (χ0v) is 10.9. The molecule has 0 aliphatic rings. The Labute approximate surface area is 118 Å². The molecule has 2 aromatic rings. The molecule has 1 atom stereocenters. The molecule has 1 unspecified atom stereocenters. The Morgan fingerprint density at radius 1 is 0.857 bits per heavy atom. The molecule has 1 nitrogen and oxygen atoms in total. The summed E-state index contributed by atoms with van der Waals surface area (Å²) < 4.78 is 68.8. The van der Waals surface area contributed by atoms with Gasteiger partial charge in [-0.3, -0.25) is 0 Å². The normalized spacial score (nSPS) is 13.2. The van der Waals surface area contributed by atoms with Crippen LogP contribution >= 0.6 is 0 Å². The van der Waals surface area contributed by atoms with E-state index in [9.17, 15) is 22.0 Å². The number of benzene rings is 2. The average Bonchev–Trinajstić information content (AvgIpc) is 2.37. The largest absolute Gasteiger partial charge is 0.418 e. The van der Waals surface area contributed by atoms with Crippen LogP contribution in [0.3, 0.4) is 0 Å². The minimum absolute atomic E-state index is 0.0781. The highest BCUT2D eigenvalue weighted by molar-refractivity contribution is 5.63. The lowest BCUT2D eigenvalue weighted by Crippen LogP contribution is -2.22. The van der Waals surface area contributed by atoms with E-state index in [4.69, 9.17) is 0 Å². The number of hydrogen-bond donors (Lipinski definition) is 0. The van der Waals surface area contributed by atoms with E-state index in [-0.39, 0.29) is 11.1 Å². The van der Waals surface area contributed by atoms with Crippen molar-refractivity contribution in [1.82, 2.24) is 0 Å². The molecule has 0 spiro atoms. The standard InChI is InChI=1S/C15H11F5O/c1-21-14(15(18,19)20)10-4-2-9(3-5-10)11-6-12(16)8-13(17)7-11/h2-8,14H,1H3. The zero-order valence-electron chi connectivity index (χ0n) is 10.9. The molecule has 0 saturated heterocycles.